The minimum absolute atomic E-state index is 0.225. The number of nitrogens with one attached hydrogen (secondary N) is 1. The average molecular weight is 259 g/mol. The van der Waals surface area contributed by atoms with E-state index in [-0.39, 0.29) is 6.04 Å². The third kappa shape index (κ3) is 3.86. The van der Waals surface area contributed by atoms with Crippen LogP contribution in [0.3, 0.4) is 0 Å². The molecule has 1 unspecified atom stereocenters. The summed E-state index contributed by atoms with van der Waals surface area (Å²) in [7, 11) is 1.68. The molecular formula is C16H21NO2. The topological polar surface area (TPSA) is 34.4 Å². The Bertz CT molecular complexity index is 476. The fourth-order valence-corrected chi connectivity index (χ4v) is 2.22. The van der Waals surface area contributed by atoms with Gasteiger partial charge < -0.3 is 14.5 Å². The summed E-state index contributed by atoms with van der Waals surface area (Å²) in [5.74, 6) is 1.87. The highest BCUT2D eigenvalue weighted by atomic mass is 16.5. The number of hydrogen-bond donors (Lipinski definition) is 1. The summed E-state index contributed by atoms with van der Waals surface area (Å²) in [6, 6.07) is 12.7. The van der Waals surface area contributed by atoms with Crippen LogP contribution in [-0.4, -0.2) is 13.2 Å². The van der Waals surface area contributed by atoms with Gasteiger partial charge in [0.1, 0.15) is 11.5 Å². The summed E-state index contributed by atoms with van der Waals surface area (Å²) in [5, 5.41) is 3.53. The molecule has 1 aromatic heterocycles. The highest BCUT2D eigenvalue weighted by Crippen LogP contribution is 2.16. The molecule has 0 aliphatic rings. The predicted molar refractivity (Wildman–Crippen MR) is 76.4 cm³/mol. The number of hydrogen-bond acceptors (Lipinski definition) is 3. The minimum atomic E-state index is 0.225. The zero-order valence-electron chi connectivity index (χ0n) is 11.7. The lowest BCUT2D eigenvalue weighted by Gasteiger charge is -2.18. The molecule has 2 atom stereocenters. The van der Waals surface area contributed by atoms with Crippen LogP contribution in [0.5, 0.6) is 5.75 Å². The first kappa shape index (κ1) is 13.7. The molecule has 0 radical (unpaired) electrons. The smallest absolute Gasteiger partial charge is 0.120 e. The molecule has 3 heteroatoms. The first-order valence-corrected chi connectivity index (χ1v) is 6.61. The fourth-order valence-electron chi connectivity index (χ4n) is 2.22. The Morgan fingerprint density at radius 3 is 2.47 bits per heavy atom. The van der Waals surface area contributed by atoms with Gasteiger partial charge in [0.05, 0.1) is 19.4 Å². The van der Waals surface area contributed by atoms with Crippen LogP contribution in [0.15, 0.2) is 47.1 Å². The lowest BCUT2D eigenvalue weighted by Crippen LogP contribution is -2.30. The first-order valence-electron chi connectivity index (χ1n) is 6.61. The Morgan fingerprint density at radius 2 is 1.89 bits per heavy atom. The fraction of sp³-hybridized carbons (Fsp3) is 0.375. The number of ether oxygens (including phenoxy) is 1. The first-order chi connectivity index (χ1) is 9.19. The van der Waals surface area contributed by atoms with Crippen molar-refractivity contribution in [3.63, 3.8) is 0 Å². The second-order valence-corrected chi connectivity index (χ2v) is 4.86. The zero-order valence-corrected chi connectivity index (χ0v) is 11.7. The van der Waals surface area contributed by atoms with E-state index in [0.29, 0.717) is 6.04 Å². The van der Waals surface area contributed by atoms with Crippen LogP contribution >= 0.6 is 0 Å². The molecule has 0 spiro atoms. The van der Waals surface area contributed by atoms with Crippen molar-refractivity contribution in [3.8, 4) is 5.75 Å². The number of benzene rings is 1. The van der Waals surface area contributed by atoms with Gasteiger partial charge in [-0.25, -0.2) is 0 Å². The average Bonchev–Trinajstić information content (AvgIpc) is 2.93. The predicted octanol–water partition coefficient (Wildman–Crippen LogP) is 3.57. The molecule has 0 saturated carbocycles. The van der Waals surface area contributed by atoms with Crippen molar-refractivity contribution < 1.29 is 9.15 Å². The molecule has 19 heavy (non-hydrogen) atoms. The minimum Gasteiger partial charge on any atom is -0.497 e. The molecule has 1 N–H and O–H groups in total. The van der Waals surface area contributed by atoms with Gasteiger partial charge in [-0.05, 0) is 50.1 Å². The summed E-state index contributed by atoms with van der Waals surface area (Å²) >= 11 is 0. The van der Waals surface area contributed by atoms with Gasteiger partial charge in [0, 0.05) is 6.04 Å². The van der Waals surface area contributed by atoms with Crippen molar-refractivity contribution in [1.29, 1.82) is 0 Å². The molecule has 102 valence electrons. The molecule has 0 aliphatic heterocycles. The van der Waals surface area contributed by atoms with E-state index in [9.17, 15) is 0 Å². The molecule has 3 nitrogen and oxygen atoms in total. The summed E-state index contributed by atoms with van der Waals surface area (Å²) in [6.07, 6.45) is 2.69. The summed E-state index contributed by atoms with van der Waals surface area (Å²) < 4.78 is 10.6. The van der Waals surface area contributed by atoms with E-state index in [1.165, 1.54) is 5.56 Å². The van der Waals surface area contributed by atoms with Gasteiger partial charge in [0.25, 0.3) is 0 Å². The van der Waals surface area contributed by atoms with Gasteiger partial charge in [-0.2, -0.15) is 0 Å². The lowest BCUT2D eigenvalue weighted by molar-refractivity contribution is 0.396. The lowest BCUT2D eigenvalue weighted by atomic mass is 10.1. The highest BCUT2D eigenvalue weighted by Gasteiger charge is 2.11. The van der Waals surface area contributed by atoms with Crippen LogP contribution in [0, 0.1) is 0 Å². The highest BCUT2D eigenvalue weighted by molar-refractivity contribution is 5.27. The standard InChI is InChI=1S/C16H21NO2/c1-12(17-13(2)16-5-4-10-19-16)11-14-6-8-15(18-3)9-7-14/h4-10,12-13,17H,11H2,1-3H3/t12?,13-/m0/s1. The number of furan rings is 1. The van der Waals surface area contributed by atoms with Gasteiger partial charge in [-0.1, -0.05) is 12.1 Å². The SMILES string of the molecule is COc1ccc(CC(C)N[C@@H](C)c2ccco2)cc1. The monoisotopic (exact) mass is 259 g/mol. The molecule has 1 heterocycles. The van der Waals surface area contributed by atoms with Crippen LogP contribution in [0.2, 0.25) is 0 Å². The molecule has 0 saturated heterocycles. The third-order valence-electron chi connectivity index (χ3n) is 3.21. The Morgan fingerprint density at radius 1 is 1.16 bits per heavy atom. The van der Waals surface area contributed by atoms with E-state index >= 15 is 0 Å². The third-order valence-corrected chi connectivity index (χ3v) is 3.21. The van der Waals surface area contributed by atoms with Gasteiger partial charge in [0.15, 0.2) is 0 Å². The van der Waals surface area contributed by atoms with Crippen LogP contribution in [-0.2, 0) is 6.42 Å². The summed E-state index contributed by atoms with van der Waals surface area (Å²) in [6.45, 7) is 4.30. The maximum Gasteiger partial charge on any atom is 0.120 e. The molecular weight excluding hydrogens is 238 g/mol. The van der Waals surface area contributed by atoms with Crippen LogP contribution in [0.25, 0.3) is 0 Å². The Balaban J connectivity index is 1.88. The van der Waals surface area contributed by atoms with Crippen molar-refractivity contribution in [3.05, 3.63) is 54.0 Å². The van der Waals surface area contributed by atoms with Crippen LogP contribution in [0.1, 0.15) is 31.2 Å². The Kier molecular flexibility index (Phi) is 4.63. The maximum absolute atomic E-state index is 5.40. The maximum atomic E-state index is 5.40. The molecule has 2 rings (SSSR count). The van der Waals surface area contributed by atoms with Gasteiger partial charge >= 0.3 is 0 Å². The molecule has 0 amide bonds. The zero-order chi connectivity index (χ0) is 13.7. The van der Waals surface area contributed by atoms with Crippen LogP contribution in [0.4, 0.5) is 0 Å². The van der Waals surface area contributed by atoms with Crippen molar-refractivity contribution in [2.45, 2.75) is 32.4 Å². The Labute approximate surface area is 114 Å². The van der Waals surface area contributed by atoms with Gasteiger partial charge in [0.2, 0.25) is 0 Å². The molecule has 2 aromatic rings. The summed E-state index contributed by atoms with van der Waals surface area (Å²) in [4.78, 5) is 0. The quantitative estimate of drug-likeness (QED) is 0.861. The number of rotatable bonds is 6. The largest absolute Gasteiger partial charge is 0.497 e. The molecule has 1 aromatic carbocycles. The van der Waals surface area contributed by atoms with Crippen molar-refractivity contribution in [2.75, 3.05) is 7.11 Å². The van der Waals surface area contributed by atoms with E-state index in [2.05, 4.69) is 31.3 Å². The van der Waals surface area contributed by atoms with E-state index in [1.807, 2.05) is 24.3 Å². The van der Waals surface area contributed by atoms with Gasteiger partial charge in [-0.15, -0.1) is 0 Å². The molecule has 0 aliphatic carbocycles. The second kappa shape index (κ2) is 6.43. The normalized spacial score (nSPS) is 14.1. The number of methoxy groups -OCH3 is 1. The molecule has 0 bridgehead atoms. The summed E-state index contributed by atoms with van der Waals surface area (Å²) in [5.41, 5.74) is 1.30. The molecule has 0 fully saturated rings. The van der Waals surface area contributed by atoms with Crippen molar-refractivity contribution >= 4 is 0 Å². The van der Waals surface area contributed by atoms with E-state index in [1.54, 1.807) is 13.4 Å². The Hall–Kier alpha value is -1.74. The van der Waals surface area contributed by atoms with E-state index in [4.69, 9.17) is 9.15 Å². The van der Waals surface area contributed by atoms with Crippen molar-refractivity contribution in [2.24, 2.45) is 0 Å². The van der Waals surface area contributed by atoms with E-state index < -0.39 is 0 Å². The van der Waals surface area contributed by atoms with Crippen molar-refractivity contribution in [1.82, 2.24) is 5.32 Å². The van der Waals surface area contributed by atoms with Crippen LogP contribution < -0.4 is 10.1 Å². The van der Waals surface area contributed by atoms with E-state index in [0.717, 1.165) is 17.9 Å². The second-order valence-electron chi connectivity index (χ2n) is 4.86. The van der Waals surface area contributed by atoms with Gasteiger partial charge in [-0.3, -0.25) is 0 Å².